The standard InChI is InChI=1S/C15H15ClN2O3/c1-3-21-14-8-10(4-5-13(14)20-2)18-15(19)11-6-7-17-9-12(11)16/h4-9H,3H2,1-2H3,(H,18,19). The average molecular weight is 307 g/mol. The molecule has 0 atom stereocenters. The average Bonchev–Trinajstić information content (AvgIpc) is 2.48. The molecule has 5 nitrogen and oxygen atoms in total. The second kappa shape index (κ2) is 6.95. The quantitative estimate of drug-likeness (QED) is 0.919. The molecule has 6 heteroatoms. The Morgan fingerprint density at radius 2 is 2.14 bits per heavy atom. The minimum atomic E-state index is -0.310. The molecule has 0 radical (unpaired) electrons. The highest BCUT2D eigenvalue weighted by molar-refractivity contribution is 6.34. The molecular weight excluding hydrogens is 292 g/mol. The van der Waals surface area contributed by atoms with Crippen LogP contribution in [-0.2, 0) is 0 Å². The monoisotopic (exact) mass is 306 g/mol. The first-order chi connectivity index (χ1) is 10.2. The van der Waals surface area contributed by atoms with Gasteiger partial charge >= 0.3 is 0 Å². The summed E-state index contributed by atoms with van der Waals surface area (Å²) in [5.41, 5.74) is 0.956. The van der Waals surface area contributed by atoms with Crippen LogP contribution in [0.25, 0.3) is 0 Å². The summed E-state index contributed by atoms with van der Waals surface area (Å²) in [6.07, 6.45) is 2.94. The highest BCUT2D eigenvalue weighted by Gasteiger charge is 2.12. The Hall–Kier alpha value is -2.27. The number of anilines is 1. The number of methoxy groups -OCH3 is 1. The maximum Gasteiger partial charge on any atom is 0.257 e. The molecule has 0 spiro atoms. The van der Waals surface area contributed by atoms with Gasteiger partial charge in [0.2, 0.25) is 0 Å². The lowest BCUT2D eigenvalue weighted by atomic mass is 10.2. The topological polar surface area (TPSA) is 60.5 Å². The van der Waals surface area contributed by atoms with E-state index in [1.807, 2.05) is 6.92 Å². The second-order valence-corrected chi connectivity index (χ2v) is 4.52. The lowest BCUT2D eigenvalue weighted by molar-refractivity contribution is 0.102. The van der Waals surface area contributed by atoms with Crippen LogP contribution in [0, 0.1) is 0 Å². The van der Waals surface area contributed by atoms with Gasteiger partial charge in [-0.05, 0) is 25.1 Å². The van der Waals surface area contributed by atoms with Crippen LogP contribution in [-0.4, -0.2) is 24.6 Å². The number of ether oxygens (including phenoxy) is 2. The minimum Gasteiger partial charge on any atom is -0.493 e. The number of rotatable bonds is 5. The van der Waals surface area contributed by atoms with Gasteiger partial charge < -0.3 is 14.8 Å². The van der Waals surface area contributed by atoms with E-state index in [1.54, 1.807) is 31.4 Å². The van der Waals surface area contributed by atoms with Crippen LogP contribution in [0.2, 0.25) is 5.02 Å². The molecular formula is C15H15ClN2O3. The van der Waals surface area contributed by atoms with E-state index in [2.05, 4.69) is 10.3 Å². The Morgan fingerprint density at radius 3 is 2.81 bits per heavy atom. The number of hydrogen-bond acceptors (Lipinski definition) is 4. The zero-order valence-electron chi connectivity index (χ0n) is 11.7. The van der Waals surface area contributed by atoms with Gasteiger partial charge in [-0.1, -0.05) is 11.6 Å². The molecule has 0 unspecified atom stereocenters. The summed E-state index contributed by atoms with van der Waals surface area (Å²) >= 11 is 5.95. The van der Waals surface area contributed by atoms with Crippen LogP contribution in [0.4, 0.5) is 5.69 Å². The highest BCUT2D eigenvalue weighted by atomic mass is 35.5. The summed E-state index contributed by atoms with van der Waals surface area (Å²) in [6, 6.07) is 6.73. The van der Waals surface area contributed by atoms with Crippen LogP contribution in [0.15, 0.2) is 36.7 Å². The Bertz CT molecular complexity index is 647. The summed E-state index contributed by atoms with van der Waals surface area (Å²) in [5.74, 6) is 0.866. The van der Waals surface area contributed by atoms with Gasteiger partial charge in [-0.25, -0.2) is 0 Å². The fourth-order valence-corrected chi connectivity index (χ4v) is 1.99. The van der Waals surface area contributed by atoms with Crippen LogP contribution in [0.5, 0.6) is 11.5 Å². The SMILES string of the molecule is CCOc1cc(NC(=O)c2ccncc2Cl)ccc1OC. The maximum atomic E-state index is 12.2. The van der Waals surface area contributed by atoms with E-state index >= 15 is 0 Å². The second-order valence-electron chi connectivity index (χ2n) is 4.11. The number of pyridine rings is 1. The number of amides is 1. The van der Waals surface area contributed by atoms with Crippen molar-refractivity contribution < 1.29 is 14.3 Å². The molecule has 21 heavy (non-hydrogen) atoms. The minimum absolute atomic E-state index is 0.300. The molecule has 1 aromatic heterocycles. The molecule has 1 heterocycles. The molecule has 2 rings (SSSR count). The van der Waals surface area contributed by atoms with Crippen LogP contribution in [0.1, 0.15) is 17.3 Å². The first-order valence-corrected chi connectivity index (χ1v) is 6.75. The van der Waals surface area contributed by atoms with Crippen molar-refractivity contribution in [1.82, 2.24) is 4.98 Å². The van der Waals surface area contributed by atoms with Gasteiger partial charge in [0.1, 0.15) is 0 Å². The van der Waals surface area contributed by atoms with Crippen molar-refractivity contribution >= 4 is 23.2 Å². The van der Waals surface area contributed by atoms with Gasteiger partial charge in [-0.15, -0.1) is 0 Å². The van der Waals surface area contributed by atoms with Crippen molar-refractivity contribution in [3.63, 3.8) is 0 Å². The number of halogens is 1. The number of benzene rings is 1. The molecule has 1 aromatic carbocycles. The molecule has 1 N–H and O–H groups in total. The Labute approximate surface area is 127 Å². The van der Waals surface area contributed by atoms with Gasteiger partial charge in [-0.3, -0.25) is 9.78 Å². The van der Waals surface area contributed by atoms with Gasteiger partial charge in [0, 0.05) is 24.1 Å². The fraction of sp³-hybridized carbons (Fsp3) is 0.200. The summed E-state index contributed by atoms with van der Waals surface area (Å²) in [5, 5.41) is 3.06. The zero-order valence-corrected chi connectivity index (χ0v) is 12.5. The van der Waals surface area contributed by atoms with E-state index < -0.39 is 0 Å². The van der Waals surface area contributed by atoms with E-state index in [0.29, 0.717) is 34.4 Å². The third kappa shape index (κ3) is 3.64. The number of nitrogens with one attached hydrogen (secondary N) is 1. The molecule has 0 aliphatic heterocycles. The van der Waals surface area contributed by atoms with E-state index in [-0.39, 0.29) is 5.91 Å². The summed E-state index contributed by atoms with van der Waals surface area (Å²) in [6.45, 7) is 2.38. The Balaban J connectivity index is 2.21. The molecule has 0 bridgehead atoms. The van der Waals surface area contributed by atoms with Crippen LogP contribution in [0.3, 0.4) is 0 Å². The number of hydrogen-bond donors (Lipinski definition) is 1. The normalized spacial score (nSPS) is 10.0. The van der Waals surface area contributed by atoms with Gasteiger partial charge in [-0.2, -0.15) is 0 Å². The van der Waals surface area contributed by atoms with Crippen molar-refractivity contribution in [3.05, 3.63) is 47.2 Å². The lowest BCUT2D eigenvalue weighted by Crippen LogP contribution is -2.12. The molecule has 0 saturated carbocycles. The predicted octanol–water partition coefficient (Wildman–Crippen LogP) is 3.39. The number of carbonyl (C=O) groups is 1. The van der Waals surface area contributed by atoms with Crippen LogP contribution >= 0.6 is 11.6 Å². The molecule has 0 fully saturated rings. The van der Waals surface area contributed by atoms with E-state index in [9.17, 15) is 4.79 Å². The van der Waals surface area contributed by atoms with Crippen LogP contribution < -0.4 is 14.8 Å². The Kier molecular flexibility index (Phi) is 5.00. The smallest absolute Gasteiger partial charge is 0.257 e. The summed E-state index contributed by atoms with van der Waals surface area (Å²) in [7, 11) is 1.56. The number of nitrogens with zero attached hydrogens (tertiary/aromatic N) is 1. The van der Waals surface area contributed by atoms with Crippen molar-refractivity contribution in [2.45, 2.75) is 6.92 Å². The lowest BCUT2D eigenvalue weighted by Gasteiger charge is -2.12. The summed E-state index contributed by atoms with van der Waals surface area (Å²) in [4.78, 5) is 16.0. The molecule has 110 valence electrons. The summed E-state index contributed by atoms with van der Waals surface area (Å²) < 4.78 is 10.7. The van der Waals surface area contributed by atoms with Gasteiger partial charge in [0.05, 0.1) is 24.3 Å². The highest BCUT2D eigenvalue weighted by Crippen LogP contribution is 2.30. The first kappa shape index (κ1) is 15.1. The third-order valence-corrected chi connectivity index (χ3v) is 3.04. The first-order valence-electron chi connectivity index (χ1n) is 6.37. The maximum absolute atomic E-state index is 12.2. The largest absolute Gasteiger partial charge is 0.493 e. The van der Waals surface area contributed by atoms with Crippen molar-refractivity contribution in [2.24, 2.45) is 0 Å². The molecule has 0 saturated heterocycles. The van der Waals surface area contributed by atoms with Crippen molar-refractivity contribution in [1.29, 1.82) is 0 Å². The Morgan fingerprint density at radius 1 is 1.33 bits per heavy atom. The number of carbonyl (C=O) groups excluding carboxylic acids is 1. The third-order valence-electron chi connectivity index (χ3n) is 2.74. The predicted molar refractivity (Wildman–Crippen MR) is 81.4 cm³/mol. The molecule has 0 aliphatic carbocycles. The van der Waals surface area contributed by atoms with E-state index in [4.69, 9.17) is 21.1 Å². The van der Waals surface area contributed by atoms with Gasteiger partial charge in [0.25, 0.3) is 5.91 Å². The number of aromatic nitrogens is 1. The van der Waals surface area contributed by atoms with E-state index in [1.165, 1.54) is 12.4 Å². The van der Waals surface area contributed by atoms with E-state index in [0.717, 1.165) is 0 Å². The molecule has 0 aliphatic rings. The van der Waals surface area contributed by atoms with Crippen molar-refractivity contribution in [2.75, 3.05) is 19.0 Å². The van der Waals surface area contributed by atoms with Crippen molar-refractivity contribution in [3.8, 4) is 11.5 Å². The fourth-order valence-electron chi connectivity index (χ4n) is 1.78. The van der Waals surface area contributed by atoms with Gasteiger partial charge in [0.15, 0.2) is 11.5 Å². The molecule has 2 aromatic rings. The molecule has 1 amide bonds. The zero-order chi connectivity index (χ0) is 15.2.